The SMILES string of the molecule is C[C@H](NC(=O)C(C)(C)C1CCCNC1)C(=O)O. The third-order valence-electron chi connectivity index (χ3n) is 3.62. The molecule has 3 N–H and O–H groups in total. The molecule has 1 rings (SSSR count). The summed E-state index contributed by atoms with van der Waals surface area (Å²) in [7, 11) is 0. The Morgan fingerprint density at radius 2 is 2.12 bits per heavy atom. The van der Waals surface area contributed by atoms with Crippen molar-refractivity contribution >= 4 is 11.9 Å². The highest BCUT2D eigenvalue weighted by atomic mass is 16.4. The standard InChI is InChI=1S/C12H22N2O3/c1-8(10(15)16)14-11(17)12(2,3)9-5-4-6-13-7-9/h8-9,13H,4-7H2,1-3H3,(H,14,17)(H,15,16)/t8-,9?/m0/s1. The highest BCUT2D eigenvalue weighted by Crippen LogP contribution is 2.31. The molecule has 1 saturated heterocycles. The van der Waals surface area contributed by atoms with Crippen molar-refractivity contribution < 1.29 is 14.7 Å². The van der Waals surface area contributed by atoms with Gasteiger partial charge in [-0.2, -0.15) is 0 Å². The van der Waals surface area contributed by atoms with Crippen molar-refractivity contribution in [2.75, 3.05) is 13.1 Å². The van der Waals surface area contributed by atoms with Crippen LogP contribution in [0.15, 0.2) is 0 Å². The van der Waals surface area contributed by atoms with E-state index in [-0.39, 0.29) is 11.8 Å². The molecule has 5 heteroatoms. The first-order chi connectivity index (χ1) is 7.85. The molecule has 0 bridgehead atoms. The van der Waals surface area contributed by atoms with Gasteiger partial charge in [0.2, 0.25) is 5.91 Å². The highest BCUT2D eigenvalue weighted by Gasteiger charge is 2.38. The van der Waals surface area contributed by atoms with E-state index in [0.717, 1.165) is 25.9 Å². The number of amides is 1. The molecule has 0 aromatic carbocycles. The van der Waals surface area contributed by atoms with E-state index in [1.807, 2.05) is 13.8 Å². The van der Waals surface area contributed by atoms with Crippen molar-refractivity contribution in [1.82, 2.24) is 10.6 Å². The van der Waals surface area contributed by atoms with Gasteiger partial charge in [-0.25, -0.2) is 0 Å². The number of nitrogens with one attached hydrogen (secondary N) is 2. The van der Waals surface area contributed by atoms with Crippen LogP contribution in [-0.4, -0.2) is 36.1 Å². The molecule has 1 heterocycles. The second-order valence-corrected chi connectivity index (χ2v) is 5.30. The summed E-state index contributed by atoms with van der Waals surface area (Å²) in [6.07, 6.45) is 2.07. The van der Waals surface area contributed by atoms with E-state index in [0.29, 0.717) is 0 Å². The number of carbonyl (C=O) groups excluding carboxylic acids is 1. The van der Waals surface area contributed by atoms with E-state index in [4.69, 9.17) is 5.11 Å². The number of carboxylic acid groups (broad SMARTS) is 1. The third-order valence-corrected chi connectivity index (χ3v) is 3.62. The molecule has 1 unspecified atom stereocenters. The maximum atomic E-state index is 12.1. The molecule has 1 fully saturated rings. The van der Waals surface area contributed by atoms with Crippen LogP contribution in [0.1, 0.15) is 33.6 Å². The molecular weight excluding hydrogens is 220 g/mol. The van der Waals surface area contributed by atoms with Gasteiger partial charge in [-0.05, 0) is 38.8 Å². The van der Waals surface area contributed by atoms with Gasteiger partial charge in [0.15, 0.2) is 0 Å². The molecular formula is C12H22N2O3. The molecule has 0 radical (unpaired) electrons. The summed E-state index contributed by atoms with van der Waals surface area (Å²) in [6, 6.07) is -0.835. The van der Waals surface area contributed by atoms with Crippen LogP contribution in [0, 0.1) is 11.3 Å². The van der Waals surface area contributed by atoms with Gasteiger partial charge in [0.25, 0.3) is 0 Å². The normalized spacial score (nSPS) is 22.9. The van der Waals surface area contributed by atoms with Crippen molar-refractivity contribution in [3.05, 3.63) is 0 Å². The number of carbonyl (C=O) groups is 2. The highest BCUT2D eigenvalue weighted by molar-refractivity contribution is 5.86. The Kier molecular flexibility index (Phi) is 4.51. The zero-order valence-electron chi connectivity index (χ0n) is 10.7. The quantitative estimate of drug-likeness (QED) is 0.674. The van der Waals surface area contributed by atoms with Crippen molar-refractivity contribution in [2.45, 2.75) is 39.7 Å². The Labute approximate surface area is 102 Å². The molecule has 0 aliphatic carbocycles. The lowest BCUT2D eigenvalue weighted by Crippen LogP contribution is -2.50. The minimum Gasteiger partial charge on any atom is -0.480 e. The summed E-state index contributed by atoms with van der Waals surface area (Å²) < 4.78 is 0. The van der Waals surface area contributed by atoms with Crippen LogP contribution in [0.3, 0.4) is 0 Å². The van der Waals surface area contributed by atoms with E-state index in [1.165, 1.54) is 6.92 Å². The predicted molar refractivity (Wildman–Crippen MR) is 64.6 cm³/mol. The molecule has 1 aliphatic rings. The topological polar surface area (TPSA) is 78.4 Å². The molecule has 1 aliphatic heterocycles. The monoisotopic (exact) mass is 242 g/mol. The Balaban J connectivity index is 2.61. The minimum absolute atomic E-state index is 0.180. The molecule has 0 saturated carbocycles. The van der Waals surface area contributed by atoms with Gasteiger partial charge in [-0.15, -0.1) is 0 Å². The summed E-state index contributed by atoms with van der Waals surface area (Å²) in [5.74, 6) is -0.922. The fraction of sp³-hybridized carbons (Fsp3) is 0.833. The first-order valence-electron chi connectivity index (χ1n) is 6.10. The third kappa shape index (κ3) is 3.43. The lowest BCUT2D eigenvalue weighted by Gasteiger charge is -2.36. The van der Waals surface area contributed by atoms with Gasteiger partial charge in [-0.1, -0.05) is 13.8 Å². The predicted octanol–water partition coefficient (Wildman–Crippen LogP) is 0.602. The van der Waals surface area contributed by atoms with E-state index in [2.05, 4.69) is 10.6 Å². The Morgan fingerprint density at radius 1 is 1.47 bits per heavy atom. The van der Waals surface area contributed by atoms with Gasteiger partial charge < -0.3 is 15.7 Å². The summed E-state index contributed by atoms with van der Waals surface area (Å²) >= 11 is 0. The fourth-order valence-electron chi connectivity index (χ4n) is 2.10. The molecule has 0 aromatic heterocycles. The second kappa shape index (κ2) is 5.49. The average Bonchev–Trinajstić information content (AvgIpc) is 2.29. The van der Waals surface area contributed by atoms with E-state index < -0.39 is 17.4 Å². The Morgan fingerprint density at radius 3 is 2.59 bits per heavy atom. The van der Waals surface area contributed by atoms with Crippen LogP contribution in [0.5, 0.6) is 0 Å². The molecule has 17 heavy (non-hydrogen) atoms. The van der Waals surface area contributed by atoms with Gasteiger partial charge in [0.1, 0.15) is 6.04 Å². The van der Waals surface area contributed by atoms with Crippen molar-refractivity contribution in [3.63, 3.8) is 0 Å². The summed E-state index contributed by atoms with van der Waals surface area (Å²) in [5, 5.41) is 14.6. The van der Waals surface area contributed by atoms with Crippen LogP contribution in [0.2, 0.25) is 0 Å². The van der Waals surface area contributed by atoms with Crippen molar-refractivity contribution in [1.29, 1.82) is 0 Å². The number of piperidine rings is 1. The first kappa shape index (κ1) is 14.0. The zero-order chi connectivity index (χ0) is 13.1. The van der Waals surface area contributed by atoms with Gasteiger partial charge in [-0.3, -0.25) is 9.59 Å². The number of aliphatic carboxylic acids is 1. The van der Waals surface area contributed by atoms with Crippen molar-refractivity contribution in [3.8, 4) is 0 Å². The Hall–Kier alpha value is -1.10. The van der Waals surface area contributed by atoms with Crippen LogP contribution in [0.25, 0.3) is 0 Å². The van der Waals surface area contributed by atoms with Crippen LogP contribution in [-0.2, 0) is 9.59 Å². The average molecular weight is 242 g/mol. The Bertz CT molecular complexity index is 296. The van der Waals surface area contributed by atoms with Crippen LogP contribution in [0.4, 0.5) is 0 Å². The van der Waals surface area contributed by atoms with Crippen LogP contribution >= 0.6 is 0 Å². The lowest BCUT2D eigenvalue weighted by atomic mass is 9.74. The number of hydrogen-bond acceptors (Lipinski definition) is 3. The maximum Gasteiger partial charge on any atom is 0.325 e. The number of carboxylic acids is 1. The second-order valence-electron chi connectivity index (χ2n) is 5.30. The van der Waals surface area contributed by atoms with E-state index >= 15 is 0 Å². The first-order valence-corrected chi connectivity index (χ1v) is 6.10. The van der Waals surface area contributed by atoms with Gasteiger partial charge in [0, 0.05) is 5.41 Å². The van der Waals surface area contributed by atoms with Crippen LogP contribution < -0.4 is 10.6 Å². The van der Waals surface area contributed by atoms with E-state index in [1.54, 1.807) is 0 Å². The zero-order valence-corrected chi connectivity index (χ0v) is 10.7. The summed E-state index contributed by atoms with van der Waals surface area (Å²) in [6.45, 7) is 7.07. The lowest BCUT2D eigenvalue weighted by molar-refractivity contribution is -0.143. The summed E-state index contributed by atoms with van der Waals surface area (Å²) in [4.78, 5) is 22.8. The number of hydrogen-bond donors (Lipinski definition) is 3. The molecule has 5 nitrogen and oxygen atoms in total. The summed E-state index contributed by atoms with van der Waals surface area (Å²) in [5.41, 5.74) is -0.531. The molecule has 2 atom stereocenters. The van der Waals surface area contributed by atoms with E-state index in [9.17, 15) is 9.59 Å². The largest absolute Gasteiger partial charge is 0.480 e. The maximum absolute atomic E-state index is 12.1. The number of rotatable bonds is 4. The molecule has 0 spiro atoms. The molecule has 98 valence electrons. The van der Waals surface area contributed by atoms with Gasteiger partial charge in [0.05, 0.1) is 0 Å². The smallest absolute Gasteiger partial charge is 0.325 e. The minimum atomic E-state index is -1.00. The van der Waals surface area contributed by atoms with Crippen molar-refractivity contribution in [2.24, 2.45) is 11.3 Å². The fourth-order valence-corrected chi connectivity index (χ4v) is 2.10. The molecule has 0 aromatic rings. The van der Waals surface area contributed by atoms with Gasteiger partial charge >= 0.3 is 5.97 Å². The molecule has 1 amide bonds.